The largest absolute Gasteiger partial charge is 0.496 e. The molecule has 5 nitrogen and oxygen atoms in total. The van der Waals surface area contributed by atoms with Crippen molar-refractivity contribution in [2.45, 2.75) is 24.9 Å². The van der Waals surface area contributed by atoms with E-state index >= 15 is 0 Å². The smallest absolute Gasteiger partial charge is 0.254 e. The fraction of sp³-hybridized carbons (Fsp3) is 0.360. The molecule has 2 aromatic heterocycles. The molecule has 2 saturated heterocycles. The van der Waals surface area contributed by atoms with Gasteiger partial charge in [-0.25, -0.2) is 0 Å². The quantitative estimate of drug-likeness (QED) is 0.602. The number of nitrogens with zero attached hydrogens (tertiary/aromatic N) is 3. The fourth-order valence-corrected chi connectivity index (χ4v) is 5.98. The molecular weight excluding hydrogens is 406 g/mol. The Morgan fingerprint density at radius 1 is 1.16 bits per heavy atom. The lowest BCUT2D eigenvalue weighted by atomic mass is 9.82. The zero-order valence-corrected chi connectivity index (χ0v) is 18.5. The lowest BCUT2D eigenvalue weighted by Gasteiger charge is -2.39. The summed E-state index contributed by atoms with van der Waals surface area (Å²) in [6, 6.07) is 14.4. The number of carbonyl (C=O) groups is 1. The minimum Gasteiger partial charge on any atom is -0.496 e. The number of methoxy groups -OCH3 is 1. The average molecular weight is 434 g/mol. The number of thiophene rings is 1. The predicted octanol–water partition coefficient (Wildman–Crippen LogP) is 4.28. The molecule has 0 radical (unpaired) electrons. The van der Waals surface area contributed by atoms with Crippen LogP contribution in [0.2, 0.25) is 0 Å². The van der Waals surface area contributed by atoms with Crippen LogP contribution in [-0.2, 0) is 6.54 Å². The van der Waals surface area contributed by atoms with Crippen molar-refractivity contribution in [2.24, 2.45) is 5.92 Å². The van der Waals surface area contributed by atoms with E-state index in [0.29, 0.717) is 11.8 Å². The lowest BCUT2D eigenvalue weighted by Crippen LogP contribution is -2.47. The van der Waals surface area contributed by atoms with Crippen LogP contribution in [0, 0.1) is 5.92 Å². The summed E-state index contributed by atoms with van der Waals surface area (Å²) in [7, 11) is 1.73. The molecule has 0 aliphatic carbocycles. The van der Waals surface area contributed by atoms with E-state index in [1.54, 1.807) is 30.8 Å². The van der Waals surface area contributed by atoms with Crippen LogP contribution < -0.4 is 4.74 Å². The number of pyridine rings is 1. The molecule has 5 rings (SSSR count). The molecule has 3 atom stereocenters. The Kier molecular flexibility index (Phi) is 5.74. The van der Waals surface area contributed by atoms with Gasteiger partial charge in [0.2, 0.25) is 0 Å². The molecule has 6 heteroatoms. The molecule has 0 N–H and O–H groups in total. The van der Waals surface area contributed by atoms with Crippen LogP contribution in [0.4, 0.5) is 0 Å². The molecule has 2 aliphatic heterocycles. The molecular formula is C25H27N3O2S. The number of benzene rings is 1. The first-order chi connectivity index (χ1) is 15.2. The number of hydrogen-bond donors (Lipinski definition) is 0. The molecule has 2 aliphatic rings. The molecule has 0 bridgehead atoms. The van der Waals surface area contributed by atoms with E-state index in [9.17, 15) is 4.79 Å². The van der Waals surface area contributed by atoms with Gasteiger partial charge >= 0.3 is 0 Å². The average Bonchev–Trinajstić information content (AvgIpc) is 3.47. The second kappa shape index (κ2) is 8.81. The minimum atomic E-state index is 0.133. The van der Waals surface area contributed by atoms with Crippen LogP contribution in [0.3, 0.4) is 0 Å². The summed E-state index contributed by atoms with van der Waals surface area (Å²) in [5, 5.41) is 4.40. The van der Waals surface area contributed by atoms with Crippen molar-refractivity contribution in [1.82, 2.24) is 14.8 Å². The van der Waals surface area contributed by atoms with E-state index in [-0.39, 0.29) is 11.9 Å². The summed E-state index contributed by atoms with van der Waals surface area (Å²) in [6.45, 7) is 3.64. The minimum absolute atomic E-state index is 0.133. The molecule has 160 valence electrons. The Morgan fingerprint density at radius 2 is 2.00 bits per heavy atom. The predicted molar refractivity (Wildman–Crippen MR) is 122 cm³/mol. The Labute approximate surface area is 187 Å². The molecule has 0 spiro atoms. The lowest BCUT2D eigenvalue weighted by molar-refractivity contribution is 0.0613. The van der Waals surface area contributed by atoms with Gasteiger partial charge in [-0.1, -0.05) is 18.2 Å². The van der Waals surface area contributed by atoms with Crippen LogP contribution in [0.5, 0.6) is 5.75 Å². The van der Waals surface area contributed by atoms with Gasteiger partial charge in [0.1, 0.15) is 5.75 Å². The van der Waals surface area contributed by atoms with Gasteiger partial charge in [-0.3, -0.25) is 14.7 Å². The number of carbonyl (C=O) groups excluding carboxylic acids is 1. The van der Waals surface area contributed by atoms with E-state index in [2.05, 4.69) is 43.7 Å². The third-order valence-corrected chi connectivity index (χ3v) is 7.46. The monoisotopic (exact) mass is 433 g/mol. The summed E-state index contributed by atoms with van der Waals surface area (Å²) < 4.78 is 5.57. The fourth-order valence-electron chi connectivity index (χ4n) is 5.26. The Bertz CT molecular complexity index is 1020. The second-order valence-corrected chi connectivity index (χ2v) is 9.20. The van der Waals surface area contributed by atoms with Crippen molar-refractivity contribution < 1.29 is 9.53 Å². The number of hydrogen-bond acceptors (Lipinski definition) is 5. The van der Waals surface area contributed by atoms with Crippen molar-refractivity contribution in [1.29, 1.82) is 0 Å². The summed E-state index contributed by atoms with van der Waals surface area (Å²) in [5.41, 5.74) is 3.32. The number of rotatable bonds is 5. The van der Waals surface area contributed by atoms with E-state index in [4.69, 9.17) is 4.74 Å². The number of likely N-dealkylation sites (tertiary alicyclic amines) is 2. The van der Waals surface area contributed by atoms with Crippen molar-refractivity contribution in [3.8, 4) is 5.75 Å². The van der Waals surface area contributed by atoms with Gasteiger partial charge in [-0.15, -0.1) is 0 Å². The molecule has 31 heavy (non-hydrogen) atoms. The van der Waals surface area contributed by atoms with E-state index in [0.717, 1.165) is 43.9 Å². The van der Waals surface area contributed by atoms with Crippen LogP contribution in [0.1, 0.15) is 33.8 Å². The maximum absolute atomic E-state index is 13.3. The van der Waals surface area contributed by atoms with Gasteiger partial charge in [-0.05, 0) is 47.0 Å². The summed E-state index contributed by atoms with van der Waals surface area (Å²) in [5.74, 6) is 1.89. The summed E-state index contributed by atoms with van der Waals surface area (Å²) >= 11 is 1.74. The molecule has 4 heterocycles. The molecule has 1 aromatic carbocycles. The van der Waals surface area contributed by atoms with Crippen LogP contribution in [-0.4, -0.2) is 53.5 Å². The van der Waals surface area contributed by atoms with Crippen LogP contribution in [0.25, 0.3) is 0 Å². The topological polar surface area (TPSA) is 45.7 Å². The Balaban J connectivity index is 1.39. The van der Waals surface area contributed by atoms with Crippen molar-refractivity contribution in [3.05, 3.63) is 82.3 Å². The first-order valence-corrected chi connectivity index (χ1v) is 11.8. The van der Waals surface area contributed by atoms with E-state index < -0.39 is 0 Å². The summed E-state index contributed by atoms with van der Waals surface area (Å²) in [6.07, 6.45) is 4.40. The van der Waals surface area contributed by atoms with Crippen molar-refractivity contribution >= 4 is 17.2 Å². The van der Waals surface area contributed by atoms with Gasteiger partial charge in [0.25, 0.3) is 5.91 Å². The van der Waals surface area contributed by atoms with Gasteiger partial charge in [0, 0.05) is 67.6 Å². The highest BCUT2D eigenvalue weighted by atomic mass is 32.1. The van der Waals surface area contributed by atoms with Gasteiger partial charge in [-0.2, -0.15) is 11.3 Å². The zero-order valence-electron chi connectivity index (χ0n) is 17.7. The SMILES string of the molecule is COc1ccccc1CN1CC[C@H]2[C@@H](C1)[C@H](c1ccsc1)CN2C(=O)c1ccncc1. The van der Waals surface area contributed by atoms with Crippen molar-refractivity contribution in [2.75, 3.05) is 26.7 Å². The van der Waals surface area contributed by atoms with Gasteiger partial charge < -0.3 is 9.64 Å². The molecule has 3 aromatic rings. The van der Waals surface area contributed by atoms with Gasteiger partial charge in [0.15, 0.2) is 0 Å². The van der Waals surface area contributed by atoms with E-state index in [1.807, 2.05) is 24.3 Å². The number of piperidine rings is 1. The maximum atomic E-state index is 13.3. The number of para-hydroxylation sites is 1. The van der Waals surface area contributed by atoms with Gasteiger partial charge in [0.05, 0.1) is 7.11 Å². The Morgan fingerprint density at radius 3 is 2.77 bits per heavy atom. The molecule has 0 unspecified atom stereocenters. The number of amides is 1. The highest BCUT2D eigenvalue weighted by Crippen LogP contribution is 2.43. The zero-order chi connectivity index (χ0) is 21.2. The van der Waals surface area contributed by atoms with Crippen molar-refractivity contribution in [3.63, 3.8) is 0 Å². The standard InChI is InChI=1S/C25H27N3O2S/c1-30-24-5-3-2-4-19(24)14-27-12-8-23-22(15-27)21(20-9-13-31-17-20)16-28(23)25(29)18-6-10-26-11-7-18/h2-7,9-11,13,17,21-23H,8,12,14-16H2,1H3/t21-,22-,23-/m0/s1. The first kappa shape index (κ1) is 20.2. The first-order valence-electron chi connectivity index (χ1n) is 10.8. The number of aromatic nitrogens is 1. The third-order valence-electron chi connectivity index (χ3n) is 6.76. The third kappa shape index (κ3) is 3.98. The number of ether oxygens (including phenoxy) is 1. The highest BCUT2D eigenvalue weighted by Gasteiger charge is 2.47. The molecule has 1 amide bonds. The summed E-state index contributed by atoms with van der Waals surface area (Å²) in [4.78, 5) is 22.1. The van der Waals surface area contributed by atoms with Crippen LogP contribution >= 0.6 is 11.3 Å². The normalized spacial score (nSPS) is 23.5. The van der Waals surface area contributed by atoms with E-state index in [1.165, 1.54) is 11.1 Å². The highest BCUT2D eigenvalue weighted by molar-refractivity contribution is 7.08. The second-order valence-electron chi connectivity index (χ2n) is 8.42. The van der Waals surface area contributed by atoms with Crippen LogP contribution in [0.15, 0.2) is 65.6 Å². The maximum Gasteiger partial charge on any atom is 0.254 e. The molecule has 2 fully saturated rings. The Hall–Kier alpha value is -2.70. The number of fused-ring (bicyclic) bond motifs is 1. The molecule has 0 saturated carbocycles.